The van der Waals surface area contributed by atoms with Gasteiger partial charge in [0.15, 0.2) is 0 Å². The summed E-state index contributed by atoms with van der Waals surface area (Å²) in [5, 5.41) is 20.8. The number of carbonyl (C=O) groups is 2. The second-order valence-corrected chi connectivity index (χ2v) is 4.36. The smallest absolute Gasteiger partial charge is 0.549 e. The summed E-state index contributed by atoms with van der Waals surface area (Å²) in [4.78, 5) is 20.8. The molecule has 20 heavy (non-hydrogen) atoms. The van der Waals surface area contributed by atoms with E-state index in [9.17, 15) is 19.8 Å². The Hall–Kier alpha value is -0.261. The van der Waals surface area contributed by atoms with E-state index in [2.05, 4.69) is 27.7 Å². The molecule has 0 aliphatic rings. The summed E-state index contributed by atoms with van der Waals surface area (Å²) < 4.78 is 0. The summed E-state index contributed by atoms with van der Waals surface area (Å²) >= 11 is 0. The fourth-order valence-electron chi connectivity index (χ4n) is 0.911. The summed E-state index contributed by atoms with van der Waals surface area (Å²) in [6, 6.07) is 0. The molecule has 4 nitrogen and oxygen atoms in total. The molecule has 0 bridgehead atoms. The van der Waals surface area contributed by atoms with Crippen LogP contribution >= 0.6 is 0 Å². The number of carboxylic acid groups (broad SMARTS) is 2. The van der Waals surface area contributed by atoms with E-state index in [0.29, 0.717) is 0 Å². The van der Waals surface area contributed by atoms with E-state index in [1.165, 1.54) is 39.5 Å². The molecular formula is C15H30O4Sn. The van der Waals surface area contributed by atoms with Crippen LogP contribution in [0.5, 0.6) is 0 Å². The standard InChI is InChI=1S/C7H12O4.2C4H10.Sn/c1-3-7(4-2,5(8)9)6(10)11;2*1-3-4-2;/h3-4H2,1-2H3,(H,8,9)(H,10,11);2*3-4H2,1-2H3;/q;;;+2/p-2. The number of carbonyl (C=O) groups excluding carboxylic acids is 2. The molecule has 0 N–H and O–H groups in total. The van der Waals surface area contributed by atoms with Crippen molar-refractivity contribution in [1.82, 2.24) is 0 Å². The van der Waals surface area contributed by atoms with E-state index in [-0.39, 0.29) is 36.7 Å². The van der Waals surface area contributed by atoms with Gasteiger partial charge in [-0.15, -0.1) is 0 Å². The second kappa shape index (κ2) is 18.7. The maximum atomic E-state index is 10.4. The van der Waals surface area contributed by atoms with Gasteiger partial charge in [-0.1, -0.05) is 67.2 Å². The third-order valence-electron chi connectivity index (χ3n) is 2.99. The molecule has 0 unspecified atom stereocenters. The maximum Gasteiger partial charge on any atom is 2.00 e. The van der Waals surface area contributed by atoms with Crippen molar-refractivity contribution < 1.29 is 19.8 Å². The van der Waals surface area contributed by atoms with Gasteiger partial charge in [-0.25, -0.2) is 0 Å². The van der Waals surface area contributed by atoms with Gasteiger partial charge in [-0.3, -0.25) is 0 Å². The van der Waals surface area contributed by atoms with Crippen LogP contribution in [0.2, 0.25) is 0 Å². The quantitative estimate of drug-likeness (QED) is 0.507. The van der Waals surface area contributed by atoms with Crippen molar-refractivity contribution in [3.8, 4) is 0 Å². The number of unbranched alkanes of at least 4 members (excludes halogenated alkanes) is 2. The third-order valence-corrected chi connectivity index (χ3v) is 2.99. The Labute approximate surface area is 141 Å². The molecule has 0 rings (SSSR count). The Bertz CT molecular complexity index is 202. The molecule has 0 amide bonds. The largest absolute Gasteiger partial charge is 2.00 e. The molecule has 2 radical (unpaired) electrons. The summed E-state index contributed by atoms with van der Waals surface area (Å²) in [6.45, 7) is 11.7. The average molecular weight is 393 g/mol. The number of carboxylic acids is 2. The fraction of sp³-hybridized carbons (Fsp3) is 0.867. The summed E-state index contributed by atoms with van der Waals surface area (Å²) in [6.07, 6.45) is 5.27. The molecular weight excluding hydrogens is 363 g/mol. The minimum Gasteiger partial charge on any atom is -0.549 e. The minimum absolute atomic E-state index is 0. The molecule has 0 saturated carbocycles. The van der Waals surface area contributed by atoms with Crippen LogP contribution in [0.15, 0.2) is 0 Å². The van der Waals surface area contributed by atoms with Gasteiger partial charge in [0.1, 0.15) is 0 Å². The van der Waals surface area contributed by atoms with Crippen LogP contribution in [0, 0.1) is 5.41 Å². The molecule has 0 atom stereocenters. The SMILES string of the molecule is CCC(CC)(C(=O)[O-])C(=O)[O-].CCCC.CCCC.[Sn+2]. The zero-order chi connectivity index (χ0) is 15.9. The monoisotopic (exact) mass is 394 g/mol. The van der Waals surface area contributed by atoms with Crippen LogP contribution in [0.4, 0.5) is 0 Å². The van der Waals surface area contributed by atoms with E-state index in [4.69, 9.17) is 0 Å². The molecule has 118 valence electrons. The van der Waals surface area contributed by atoms with Gasteiger partial charge in [0, 0.05) is 5.41 Å². The van der Waals surface area contributed by atoms with Crippen LogP contribution in [0.3, 0.4) is 0 Å². The predicted octanol–water partition coefficient (Wildman–Crippen LogP) is 1.52. The zero-order valence-corrected chi connectivity index (χ0v) is 16.7. The number of rotatable bonds is 6. The van der Waals surface area contributed by atoms with Gasteiger partial charge in [-0.05, 0) is 12.8 Å². The first-order valence-corrected chi connectivity index (χ1v) is 7.27. The molecule has 0 spiro atoms. The van der Waals surface area contributed by atoms with Crippen molar-refractivity contribution in [2.45, 2.75) is 80.1 Å². The molecule has 0 fully saturated rings. The number of hydrogen-bond donors (Lipinski definition) is 0. The molecule has 0 aliphatic heterocycles. The van der Waals surface area contributed by atoms with Gasteiger partial charge in [0.2, 0.25) is 0 Å². The van der Waals surface area contributed by atoms with Crippen molar-refractivity contribution in [2.24, 2.45) is 5.41 Å². The van der Waals surface area contributed by atoms with Crippen molar-refractivity contribution in [1.29, 1.82) is 0 Å². The van der Waals surface area contributed by atoms with E-state index >= 15 is 0 Å². The van der Waals surface area contributed by atoms with Gasteiger partial charge in [0.25, 0.3) is 0 Å². The summed E-state index contributed by atoms with van der Waals surface area (Å²) in [5.74, 6) is -3.13. The summed E-state index contributed by atoms with van der Waals surface area (Å²) in [7, 11) is 0. The number of hydrogen-bond acceptors (Lipinski definition) is 4. The van der Waals surface area contributed by atoms with Gasteiger partial charge in [-0.2, -0.15) is 0 Å². The first kappa shape index (κ1) is 28.0. The molecule has 0 aromatic heterocycles. The molecule has 0 saturated heterocycles. The topological polar surface area (TPSA) is 80.3 Å². The predicted molar refractivity (Wildman–Crippen MR) is 79.9 cm³/mol. The average Bonchev–Trinajstić information content (AvgIpc) is 2.40. The Morgan fingerprint density at radius 2 is 0.900 bits per heavy atom. The minimum atomic E-state index is -1.81. The Morgan fingerprint density at radius 3 is 0.900 bits per heavy atom. The molecule has 0 aromatic carbocycles. The van der Waals surface area contributed by atoms with Crippen LogP contribution < -0.4 is 10.2 Å². The van der Waals surface area contributed by atoms with Crippen molar-refractivity contribution in [3.05, 3.63) is 0 Å². The molecule has 0 heterocycles. The van der Waals surface area contributed by atoms with E-state index in [0.717, 1.165) is 0 Å². The van der Waals surface area contributed by atoms with Crippen LogP contribution in [0.1, 0.15) is 80.1 Å². The zero-order valence-electron chi connectivity index (χ0n) is 13.9. The van der Waals surface area contributed by atoms with E-state index in [1.54, 1.807) is 0 Å². The van der Waals surface area contributed by atoms with Crippen LogP contribution in [0.25, 0.3) is 0 Å². The van der Waals surface area contributed by atoms with Crippen LogP contribution in [-0.4, -0.2) is 35.8 Å². The van der Waals surface area contributed by atoms with Gasteiger partial charge < -0.3 is 19.8 Å². The molecule has 0 aromatic rings. The number of aliphatic carboxylic acids is 2. The van der Waals surface area contributed by atoms with Crippen molar-refractivity contribution >= 4 is 35.8 Å². The van der Waals surface area contributed by atoms with Crippen molar-refractivity contribution in [3.63, 3.8) is 0 Å². The Kier molecular flexibility index (Phi) is 26.2. The third kappa shape index (κ3) is 12.8. The normalized spacial score (nSPS) is 9.10. The Morgan fingerprint density at radius 1 is 0.700 bits per heavy atom. The van der Waals surface area contributed by atoms with Crippen molar-refractivity contribution in [2.75, 3.05) is 0 Å². The maximum absolute atomic E-state index is 10.4. The first-order chi connectivity index (χ1) is 8.84. The first-order valence-electron chi connectivity index (χ1n) is 7.27. The van der Waals surface area contributed by atoms with Gasteiger partial charge >= 0.3 is 23.9 Å². The van der Waals surface area contributed by atoms with Gasteiger partial charge in [0.05, 0.1) is 11.9 Å². The Balaban J connectivity index is -0.000000119. The second-order valence-electron chi connectivity index (χ2n) is 4.36. The molecule has 5 heteroatoms. The summed E-state index contributed by atoms with van der Waals surface area (Å²) in [5.41, 5.74) is -1.81. The fourth-order valence-corrected chi connectivity index (χ4v) is 0.911. The molecule has 0 aliphatic carbocycles. The van der Waals surface area contributed by atoms with E-state index < -0.39 is 17.4 Å². The van der Waals surface area contributed by atoms with Crippen LogP contribution in [-0.2, 0) is 9.59 Å². The van der Waals surface area contributed by atoms with E-state index in [1.807, 2.05) is 0 Å².